The number of aromatic nitrogens is 2. The minimum Gasteiger partial charge on any atom is -0.333 e. The summed E-state index contributed by atoms with van der Waals surface area (Å²) in [6.07, 6.45) is 4.34. The molecule has 148 valence electrons. The monoisotopic (exact) mass is 401 g/mol. The Bertz CT molecular complexity index is 936. The molecule has 1 fully saturated rings. The number of rotatable bonds is 4. The first-order valence-electron chi connectivity index (χ1n) is 9.05. The molecule has 0 spiro atoms. The van der Waals surface area contributed by atoms with Gasteiger partial charge in [0.1, 0.15) is 11.6 Å². The predicted molar refractivity (Wildman–Crippen MR) is 108 cm³/mol. The van der Waals surface area contributed by atoms with Crippen molar-refractivity contribution in [2.75, 3.05) is 19.6 Å². The van der Waals surface area contributed by atoms with E-state index in [0.29, 0.717) is 37.2 Å². The number of hydrogen-bond donors (Lipinski definition) is 2. The second kappa shape index (κ2) is 9.49. The third kappa shape index (κ3) is 4.41. The SMILES string of the molecule is Cc1[nH]c(=O)c(C#N)c(C)c1CCC(=O)N1CCNCC1c1cccnc1.Cl. The van der Waals surface area contributed by atoms with Crippen molar-refractivity contribution in [3.05, 3.63) is 62.8 Å². The van der Waals surface area contributed by atoms with Gasteiger partial charge in [0.2, 0.25) is 5.91 Å². The topological polar surface area (TPSA) is 102 Å². The van der Waals surface area contributed by atoms with Gasteiger partial charge in [-0.1, -0.05) is 6.07 Å². The normalized spacial score (nSPS) is 16.2. The number of carbonyl (C=O) groups is 1. The van der Waals surface area contributed by atoms with Gasteiger partial charge in [-0.2, -0.15) is 5.26 Å². The van der Waals surface area contributed by atoms with E-state index in [4.69, 9.17) is 0 Å². The van der Waals surface area contributed by atoms with Gasteiger partial charge in [0.25, 0.3) is 5.56 Å². The zero-order chi connectivity index (χ0) is 19.4. The summed E-state index contributed by atoms with van der Waals surface area (Å²) < 4.78 is 0. The summed E-state index contributed by atoms with van der Waals surface area (Å²) in [7, 11) is 0. The summed E-state index contributed by atoms with van der Waals surface area (Å²) in [5, 5.41) is 12.5. The van der Waals surface area contributed by atoms with Crippen LogP contribution in [0.4, 0.5) is 0 Å². The lowest BCUT2D eigenvalue weighted by Crippen LogP contribution is -2.48. The molecular formula is C20H24ClN5O2. The Labute approximate surface area is 170 Å². The highest BCUT2D eigenvalue weighted by Gasteiger charge is 2.28. The molecule has 1 aliphatic heterocycles. The lowest BCUT2D eigenvalue weighted by molar-refractivity contribution is -0.134. The van der Waals surface area contributed by atoms with Gasteiger partial charge in [0.05, 0.1) is 6.04 Å². The summed E-state index contributed by atoms with van der Waals surface area (Å²) in [6, 6.07) is 5.79. The molecule has 1 unspecified atom stereocenters. The molecule has 7 nitrogen and oxygen atoms in total. The molecule has 0 saturated carbocycles. The van der Waals surface area contributed by atoms with Crippen LogP contribution in [0.15, 0.2) is 29.3 Å². The fourth-order valence-corrected chi connectivity index (χ4v) is 3.67. The van der Waals surface area contributed by atoms with Crippen LogP contribution in [0.5, 0.6) is 0 Å². The number of hydrogen-bond acceptors (Lipinski definition) is 5. The average molecular weight is 402 g/mol. The van der Waals surface area contributed by atoms with E-state index in [9.17, 15) is 14.9 Å². The van der Waals surface area contributed by atoms with E-state index in [1.807, 2.05) is 23.1 Å². The van der Waals surface area contributed by atoms with Gasteiger partial charge in [0, 0.05) is 44.1 Å². The van der Waals surface area contributed by atoms with Crippen LogP contribution >= 0.6 is 12.4 Å². The van der Waals surface area contributed by atoms with Crippen molar-refractivity contribution >= 4 is 18.3 Å². The molecule has 1 atom stereocenters. The number of carbonyl (C=O) groups excluding carboxylic acids is 1. The molecule has 0 aromatic carbocycles. The molecule has 1 amide bonds. The summed E-state index contributed by atoms with van der Waals surface area (Å²) >= 11 is 0. The van der Waals surface area contributed by atoms with Crippen LogP contribution in [-0.2, 0) is 11.2 Å². The number of aromatic amines is 1. The highest BCUT2D eigenvalue weighted by atomic mass is 35.5. The van der Waals surface area contributed by atoms with E-state index in [1.54, 1.807) is 26.2 Å². The van der Waals surface area contributed by atoms with E-state index in [0.717, 1.165) is 17.7 Å². The molecule has 1 aliphatic rings. The first kappa shape index (κ1) is 21.6. The van der Waals surface area contributed by atoms with Crippen molar-refractivity contribution in [1.29, 1.82) is 5.26 Å². The van der Waals surface area contributed by atoms with Crippen molar-refractivity contribution in [2.45, 2.75) is 32.7 Å². The van der Waals surface area contributed by atoms with Crippen molar-refractivity contribution in [2.24, 2.45) is 0 Å². The predicted octanol–water partition coefficient (Wildman–Crippen LogP) is 1.79. The average Bonchev–Trinajstić information content (AvgIpc) is 2.68. The van der Waals surface area contributed by atoms with E-state index in [1.165, 1.54) is 0 Å². The Hall–Kier alpha value is -2.69. The quantitative estimate of drug-likeness (QED) is 0.813. The summed E-state index contributed by atoms with van der Waals surface area (Å²) in [4.78, 5) is 33.6. The number of H-pyrrole nitrogens is 1. The third-order valence-electron chi connectivity index (χ3n) is 5.14. The molecule has 1 saturated heterocycles. The number of nitrogens with zero attached hydrogens (tertiary/aromatic N) is 3. The van der Waals surface area contributed by atoms with Crippen molar-refractivity contribution in [3.8, 4) is 6.07 Å². The van der Waals surface area contributed by atoms with Crippen LogP contribution in [0.1, 0.15) is 40.4 Å². The van der Waals surface area contributed by atoms with E-state index < -0.39 is 0 Å². The molecule has 3 rings (SSSR count). The molecule has 2 aromatic heterocycles. The second-order valence-electron chi connectivity index (χ2n) is 6.76. The first-order valence-corrected chi connectivity index (χ1v) is 9.05. The number of nitrogens with one attached hydrogen (secondary N) is 2. The highest BCUT2D eigenvalue weighted by Crippen LogP contribution is 2.23. The van der Waals surface area contributed by atoms with Crippen LogP contribution in [0.25, 0.3) is 0 Å². The van der Waals surface area contributed by atoms with Crippen LogP contribution in [0, 0.1) is 25.2 Å². The molecule has 28 heavy (non-hydrogen) atoms. The molecular weight excluding hydrogens is 378 g/mol. The maximum absolute atomic E-state index is 12.9. The van der Waals surface area contributed by atoms with Crippen molar-refractivity contribution < 1.29 is 4.79 Å². The molecule has 3 heterocycles. The van der Waals surface area contributed by atoms with Gasteiger partial charge in [0.15, 0.2) is 0 Å². The minimum atomic E-state index is -0.374. The molecule has 8 heteroatoms. The third-order valence-corrected chi connectivity index (χ3v) is 5.14. The number of piperazine rings is 1. The van der Waals surface area contributed by atoms with Crippen molar-refractivity contribution in [1.82, 2.24) is 20.2 Å². The lowest BCUT2D eigenvalue weighted by atomic mass is 9.98. The lowest BCUT2D eigenvalue weighted by Gasteiger charge is -2.36. The minimum absolute atomic E-state index is 0. The number of pyridine rings is 2. The van der Waals surface area contributed by atoms with Crippen molar-refractivity contribution in [3.63, 3.8) is 0 Å². The molecule has 2 aromatic rings. The van der Waals surface area contributed by atoms with Gasteiger partial charge < -0.3 is 15.2 Å². The maximum Gasteiger partial charge on any atom is 0.266 e. The van der Waals surface area contributed by atoms with Gasteiger partial charge in [-0.05, 0) is 43.0 Å². The molecule has 2 N–H and O–H groups in total. The fourth-order valence-electron chi connectivity index (χ4n) is 3.67. The fraction of sp³-hybridized carbons (Fsp3) is 0.400. The Morgan fingerprint density at radius 3 is 2.89 bits per heavy atom. The smallest absolute Gasteiger partial charge is 0.266 e. The van der Waals surface area contributed by atoms with Gasteiger partial charge in [-0.3, -0.25) is 14.6 Å². The Morgan fingerprint density at radius 2 is 2.21 bits per heavy atom. The van der Waals surface area contributed by atoms with E-state index in [2.05, 4.69) is 15.3 Å². The highest BCUT2D eigenvalue weighted by molar-refractivity contribution is 5.85. The van der Waals surface area contributed by atoms with Crippen LogP contribution in [0.3, 0.4) is 0 Å². The number of amides is 1. The first-order chi connectivity index (χ1) is 13.0. The molecule has 0 radical (unpaired) electrons. The van der Waals surface area contributed by atoms with Gasteiger partial charge >= 0.3 is 0 Å². The standard InChI is InChI=1S/C20H23N5O2.ClH/c1-13-16(14(2)24-20(27)17(13)10-21)5-6-19(26)25-9-8-23-12-18(25)15-4-3-7-22-11-15;/h3-4,7,11,18,23H,5-6,8-9,12H2,1-2H3,(H,24,27);1H. The van der Waals surface area contributed by atoms with Crippen LogP contribution in [-0.4, -0.2) is 40.4 Å². The zero-order valence-corrected chi connectivity index (χ0v) is 16.8. The number of aryl methyl sites for hydroxylation is 1. The summed E-state index contributed by atoms with van der Waals surface area (Å²) in [6.45, 7) is 5.68. The summed E-state index contributed by atoms with van der Waals surface area (Å²) in [5.74, 6) is 0.0638. The van der Waals surface area contributed by atoms with E-state index in [-0.39, 0.29) is 35.5 Å². The van der Waals surface area contributed by atoms with Crippen LogP contribution in [0.2, 0.25) is 0 Å². The number of halogens is 1. The Morgan fingerprint density at radius 1 is 1.43 bits per heavy atom. The Balaban J connectivity index is 0.00000280. The summed E-state index contributed by atoms with van der Waals surface area (Å²) in [5.41, 5.74) is 3.01. The number of nitriles is 1. The van der Waals surface area contributed by atoms with E-state index >= 15 is 0 Å². The molecule has 0 bridgehead atoms. The van der Waals surface area contributed by atoms with Crippen LogP contribution < -0.4 is 10.9 Å². The van der Waals surface area contributed by atoms with Gasteiger partial charge in [-0.15, -0.1) is 12.4 Å². The Kier molecular flexibility index (Phi) is 7.32. The second-order valence-corrected chi connectivity index (χ2v) is 6.76. The maximum atomic E-state index is 12.9. The largest absolute Gasteiger partial charge is 0.333 e. The van der Waals surface area contributed by atoms with Gasteiger partial charge in [-0.25, -0.2) is 0 Å². The molecule has 0 aliphatic carbocycles. The zero-order valence-electron chi connectivity index (χ0n) is 16.0.